The second-order valence-corrected chi connectivity index (χ2v) is 6.66. The maximum atomic E-state index is 10.6. The van der Waals surface area contributed by atoms with Gasteiger partial charge in [0.05, 0.1) is 18.2 Å². The molecule has 1 heterocycles. The molecule has 1 aromatic heterocycles. The highest BCUT2D eigenvalue weighted by Gasteiger charge is 1.98. The van der Waals surface area contributed by atoms with Crippen molar-refractivity contribution in [2.24, 2.45) is 0 Å². The van der Waals surface area contributed by atoms with Crippen LogP contribution in [0.1, 0.15) is 12.8 Å². The van der Waals surface area contributed by atoms with Gasteiger partial charge in [0, 0.05) is 30.0 Å². The van der Waals surface area contributed by atoms with E-state index in [0.717, 1.165) is 19.4 Å². The van der Waals surface area contributed by atoms with E-state index in [9.17, 15) is 4.21 Å². The molecule has 0 aliphatic rings. The first-order valence-corrected chi connectivity index (χ1v) is 8.78. The first-order valence-electron chi connectivity index (χ1n) is 6.04. The first kappa shape index (κ1) is 17.5. The molecule has 1 atom stereocenters. The molecular weight excluding hydrogens is 324 g/mol. The Labute approximate surface area is 128 Å². The Morgan fingerprint density at radius 3 is 2.80 bits per heavy atom. The summed E-state index contributed by atoms with van der Waals surface area (Å²) < 4.78 is 29.2. The summed E-state index contributed by atoms with van der Waals surface area (Å²) >= 11 is 9.88. The summed E-state index contributed by atoms with van der Waals surface area (Å²) in [5, 5.41) is 3.65. The predicted octanol–water partition coefficient (Wildman–Crippen LogP) is 1.63. The Balaban J connectivity index is 1.94. The Morgan fingerprint density at radius 2 is 2.15 bits per heavy atom. The van der Waals surface area contributed by atoms with Gasteiger partial charge in [-0.2, -0.15) is 4.21 Å². The zero-order valence-electron chi connectivity index (χ0n) is 10.8. The maximum absolute atomic E-state index is 10.6. The molecule has 114 valence electrons. The van der Waals surface area contributed by atoms with Crippen LogP contribution < -0.4 is 10.1 Å². The molecule has 0 aliphatic carbocycles. The van der Waals surface area contributed by atoms with Gasteiger partial charge < -0.3 is 10.1 Å². The van der Waals surface area contributed by atoms with Crippen molar-refractivity contribution >= 4 is 31.8 Å². The Bertz CT molecular complexity index is 482. The molecular formula is C11H17ClN2O4S2. The van der Waals surface area contributed by atoms with E-state index in [-0.39, 0.29) is 6.61 Å². The fourth-order valence-corrected chi connectivity index (χ4v) is 1.93. The fraction of sp³-hybridized carbons (Fsp3) is 0.545. The molecule has 9 heteroatoms. The third-order valence-corrected chi connectivity index (χ3v) is 3.19. The van der Waals surface area contributed by atoms with Crippen molar-refractivity contribution < 1.29 is 17.7 Å². The van der Waals surface area contributed by atoms with Gasteiger partial charge in [-0.3, -0.25) is 8.74 Å². The van der Waals surface area contributed by atoms with Crippen LogP contribution in [0, 0.1) is 0 Å². The standard InChI is InChI=1S/C11H17ClN2O4S2/c12-10-3-4-11(14-9-10)17-7-2-1-5-13-6-8-18-20(15,16)19/h3-4,9,13H,1-2,5-8H2,(H,15,16,19). The summed E-state index contributed by atoms with van der Waals surface area (Å²) in [6.45, 7) is 1.94. The molecule has 0 radical (unpaired) electrons. The molecule has 6 nitrogen and oxygen atoms in total. The van der Waals surface area contributed by atoms with Crippen molar-refractivity contribution in [3.63, 3.8) is 0 Å². The van der Waals surface area contributed by atoms with Crippen molar-refractivity contribution in [1.82, 2.24) is 10.3 Å². The molecule has 1 aromatic rings. The number of unbranched alkanes of at least 4 members (excludes halogenated alkanes) is 1. The molecule has 0 amide bonds. The molecule has 0 saturated heterocycles. The minimum absolute atomic E-state index is 0.115. The van der Waals surface area contributed by atoms with Crippen LogP contribution in [0.5, 0.6) is 5.88 Å². The molecule has 0 spiro atoms. The normalized spacial score (nSPS) is 13.9. The number of nitrogens with zero attached hydrogens (tertiary/aromatic N) is 1. The highest BCUT2D eigenvalue weighted by molar-refractivity contribution is 8.27. The van der Waals surface area contributed by atoms with Gasteiger partial charge in [-0.1, -0.05) is 11.6 Å². The van der Waals surface area contributed by atoms with Crippen molar-refractivity contribution in [3.05, 3.63) is 23.4 Å². The minimum Gasteiger partial charge on any atom is -0.478 e. The summed E-state index contributed by atoms with van der Waals surface area (Å²) in [5.74, 6) is 0.555. The Morgan fingerprint density at radius 1 is 1.35 bits per heavy atom. The molecule has 0 aliphatic heterocycles. The number of aromatic nitrogens is 1. The predicted molar refractivity (Wildman–Crippen MR) is 80.9 cm³/mol. The number of halogens is 1. The van der Waals surface area contributed by atoms with Crippen LogP contribution in [0.15, 0.2) is 18.3 Å². The van der Waals surface area contributed by atoms with Crippen molar-refractivity contribution in [1.29, 1.82) is 0 Å². The van der Waals surface area contributed by atoms with Crippen LogP contribution in [0.25, 0.3) is 0 Å². The van der Waals surface area contributed by atoms with Crippen LogP contribution in [-0.2, 0) is 24.4 Å². The highest BCUT2D eigenvalue weighted by atomic mass is 35.5. The number of nitrogens with one attached hydrogen (secondary N) is 1. The zero-order valence-corrected chi connectivity index (χ0v) is 13.2. The second-order valence-electron chi connectivity index (χ2n) is 3.87. The lowest BCUT2D eigenvalue weighted by Crippen LogP contribution is -2.22. The summed E-state index contributed by atoms with van der Waals surface area (Å²) in [6, 6.07) is 3.45. The topological polar surface area (TPSA) is 80.7 Å². The lowest BCUT2D eigenvalue weighted by molar-refractivity contribution is 0.288. The molecule has 0 saturated carbocycles. The largest absolute Gasteiger partial charge is 0.478 e. The smallest absolute Gasteiger partial charge is 0.266 e. The van der Waals surface area contributed by atoms with E-state index in [2.05, 4.69) is 25.7 Å². The van der Waals surface area contributed by atoms with Crippen LogP contribution in [0.4, 0.5) is 0 Å². The highest BCUT2D eigenvalue weighted by Crippen LogP contribution is 2.11. The molecule has 0 fully saturated rings. The number of rotatable bonds is 10. The van der Waals surface area contributed by atoms with Gasteiger partial charge in [-0.05, 0) is 25.5 Å². The van der Waals surface area contributed by atoms with Crippen molar-refractivity contribution in [3.8, 4) is 5.88 Å². The Hall–Kier alpha value is -0.510. The summed E-state index contributed by atoms with van der Waals surface area (Å²) in [6.07, 6.45) is 3.32. The van der Waals surface area contributed by atoms with Gasteiger partial charge in [0.1, 0.15) is 0 Å². The number of hydrogen-bond donors (Lipinski definition) is 2. The van der Waals surface area contributed by atoms with E-state index in [4.69, 9.17) is 20.9 Å². The van der Waals surface area contributed by atoms with Gasteiger partial charge in [0.15, 0.2) is 0 Å². The summed E-state index contributed by atoms with van der Waals surface area (Å²) in [5.41, 5.74) is 0. The van der Waals surface area contributed by atoms with Gasteiger partial charge in [0.2, 0.25) is 5.88 Å². The first-order chi connectivity index (χ1) is 9.47. The molecule has 20 heavy (non-hydrogen) atoms. The van der Waals surface area contributed by atoms with Crippen molar-refractivity contribution in [2.45, 2.75) is 12.8 Å². The third kappa shape index (κ3) is 9.40. The van der Waals surface area contributed by atoms with E-state index in [1.165, 1.54) is 6.20 Å². The lowest BCUT2D eigenvalue weighted by Gasteiger charge is -2.06. The molecule has 2 N–H and O–H groups in total. The second kappa shape index (κ2) is 9.43. The molecule has 1 rings (SSSR count). The fourth-order valence-electron chi connectivity index (χ4n) is 1.32. The quantitative estimate of drug-likeness (QED) is 0.626. The molecule has 1 unspecified atom stereocenters. The summed E-state index contributed by atoms with van der Waals surface area (Å²) in [7, 11) is -3.50. The van der Waals surface area contributed by atoms with E-state index in [0.29, 0.717) is 24.1 Å². The van der Waals surface area contributed by atoms with Gasteiger partial charge >= 0.3 is 0 Å². The van der Waals surface area contributed by atoms with Crippen LogP contribution in [-0.4, -0.2) is 40.0 Å². The van der Waals surface area contributed by atoms with Crippen LogP contribution >= 0.6 is 11.6 Å². The lowest BCUT2D eigenvalue weighted by atomic mass is 10.3. The average molecular weight is 341 g/mol. The summed E-state index contributed by atoms with van der Waals surface area (Å²) in [4.78, 5) is 4.01. The number of ether oxygens (including phenoxy) is 1. The molecule has 0 aromatic carbocycles. The van der Waals surface area contributed by atoms with E-state index in [1.807, 2.05) is 0 Å². The minimum atomic E-state index is -3.50. The average Bonchev–Trinajstić information content (AvgIpc) is 2.37. The van der Waals surface area contributed by atoms with Gasteiger partial charge in [0.25, 0.3) is 9.05 Å². The SMILES string of the molecule is O=S(O)(=S)OCCNCCCCOc1ccc(Cl)cn1. The monoisotopic (exact) mass is 340 g/mol. The van der Waals surface area contributed by atoms with E-state index >= 15 is 0 Å². The van der Waals surface area contributed by atoms with E-state index < -0.39 is 9.05 Å². The van der Waals surface area contributed by atoms with Gasteiger partial charge in [-0.15, -0.1) is 0 Å². The van der Waals surface area contributed by atoms with Crippen molar-refractivity contribution in [2.75, 3.05) is 26.3 Å². The van der Waals surface area contributed by atoms with Crippen LogP contribution in [0.2, 0.25) is 5.02 Å². The maximum Gasteiger partial charge on any atom is 0.266 e. The van der Waals surface area contributed by atoms with E-state index in [1.54, 1.807) is 12.1 Å². The Kier molecular flexibility index (Phi) is 8.27. The zero-order chi connectivity index (χ0) is 14.8. The number of pyridine rings is 1. The van der Waals surface area contributed by atoms with Gasteiger partial charge in [-0.25, -0.2) is 4.98 Å². The third-order valence-electron chi connectivity index (χ3n) is 2.21. The molecule has 0 bridgehead atoms. The number of hydrogen-bond acceptors (Lipinski definition) is 6. The van der Waals surface area contributed by atoms with Crippen LogP contribution in [0.3, 0.4) is 0 Å².